The molecule has 0 amide bonds. The van der Waals surface area contributed by atoms with Crippen LogP contribution in [0.5, 0.6) is 5.75 Å². The van der Waals surface area contributed by atoms with Crippen LogP contribution < -0.4 is 4.74 Å². The van der Waals surface area contributed by atoms with Crippen molar-refractivity contribution in [2.24, 2.45) is 0 Å². The highest BCUT2D eigenvalue weighted by Gasteiger charge is 2.34. The predicted molar refractivity (Wildman–Crippen MR) is 78.3 cm³/mol. The fourth-order valence-electron chi connectivity index (χ4n) is 1.77. The van der Waals surface area contributed by atoms with Crippen LogP contribution in [-0.2, 0) is 6.42 Å². The van der Waals surface area contributed by atoms with E-state index in [2.05, 4.69) is 13.0 Å². The van der Waals surface area contributed by atoms with E-state index in [1.54, 1.807) is 13.8 Å². The van der Waals surface area contributed by atoms with Gasteiger partial charge < -0.3 is 9.84 Å². The molecule has 1 N–H and O–H groups in total. The van der Waals surface area contributed by atoms with Crippen LogP contribution in [0.2, 0.25) is 0 Å². The summed E-state index contributed by atoms with van der Waals surface area (Å²) in [4.78, 5) is 0. The summed E-state index contributed by atoms with van der Waals surface area (Å²) in [5.74, 6) is 0.919. The van der Waals surface area contributed by atoms with E-state index >= 15 is 0 Å². The first kappa shape index (κ1) is 17.0. The summed E-state index contributed by atoms with van der Waals surface area (Å²) in [5.41, 5.74) is 1.67. The Morgan fingerprint density at radius 2 is 1.72 bits per heavy atom. The zero-order valence-electron chi connectivity index (χ0n) is 12.9. The van der Waals surface area contributed by atoms with Crippen LogP contribution in [0.1, 0.15) is 52.7 Å². The zero-order valence-corrected chi connectivity index (χ0v) is 12.9. The number of fused-ring (bicyclic) bond motifs is 1. The molecule has 2 rings (SSSR count). The van der Waals surface area contributed by atoms with E-state index in [1.807, 2.05) is 39.8 Å². The van der Waals surface area contributed by atoms with Crippen LogP contribution >= 0.6 is 0 Å². The monoisotopic (exact) mass is 252 g/mol. The number of ether oxygens (including phenoxy) is 1. The first-order chi connectivity index (χ1) is 8.47. The van der Waals surface area contributed by atoms with Crippen LogP contribution in [-0.4, -0.2) is 16.8 Å². The quantitative estimate of drug-likeness (QED) is 0.814. The molecular formula is C16H28O2. The Bertz CT molecular complexity index is 351. The lowest BCUT2D eigenvalue weighted by molar-refractivity contribution is -0.0229. The molecule has 1 aromatic rings. The molecule has 104 valence electrons. The number of benzene rings is 1. The molecule has 1 heterocycles. The summed E-state index contributed by atoms with van der Waals surface area (Å²) in [5, 5.41) is 9.83. The number of aliphatic hydroxyl groups is 1. The van der Waals surface area contributed by atoms with Crippen molar-refractivity contribution in [3.8, 4) is 5.75 Å². The molecule has 0 spiro atoms. The lowest BCUT2D eigenvalue weighted by atomic mass is 9.97. The van der Waals surface area contributed by atoms with Gasteiger partial charge in [-0.15, -0.1) is 0 Å². The second-order valence-corrected chi connectivity index (χ2v) is 4.58. The largest absolute Gasteiger partial charge is 0.487 e. The van der Waals surface area contributed by atoms with Gasteiger partial charge in [-0.25, -0.2) is 0 Å². The molecular weight excluding hydrogens is 224 g/mol. The van der Waals surface area contributed by atoms with Crippen molar-refractivity contribution in [3.63, 3.8) is 0 Å². The molecule has 0 fully saturated rings. The van der Waals surface area contributed by atoms with Gasteiger partial charge in [0.05, 0.1) is 5.60 Å². The van der Waals surface area contributed by atoms with Gasteiger partial charge in [0, 0.05) is 6.42 Å². The topological polar surface area (TPSA) is 29.5 Å². The standard InChI is InChI=1S/C12H16O2.2C2H6/c1-8-4-5-10-9(6-8)7-11(14-10)12(2,3)13;2*1-2/h4-6,11,13H,7H2,1-3H3;2*1-2H3. The molecule has 0 aromatic heterocycles. The SMILES string of the molecule is CC.CC.Cc1ccc2c(c1)CC(C(C)(C)O)O2. The minimum atomic E-state index is -0.771. The van der Waals surface area contributed by atoms with Gasteiger partial charge in [-0.2, -0.15) is 0 Å². The molecule has 0 radical (unpaired) electrons. The predicted octanol–water partition coefficient (Wildman–Crippen LogP) is 4.12. The molecule has 1 aromatic carbocycles. The summed E-state index contributed by atoms with van der Waals surface area (Å²) >= 11 is 0. The van der Waals surface area contributed by atoms with Gasteiger partial charge in [-0.05, 0) is 32.4 Å². The number of rotatable bonds is 1. The van der Waals surface area contributed by atoms with Crippen molar-refractivity contribution in [3.05, 3.63) is 29.3 Å². The van der Waals surface area contributed by atoms with E-state index in [-0.39, 0.29) is 6.10 Å². The van der Waals surface area contributed by atoms with Gasteiger partial charge in [0.15, 0.2) is 0 Å². The molecule has 1 atom stereocenters. The van der Waals surface area contributed by atoms with Crippen molar-refractivity contribution >= 4 is 0 Å². The first-order valence-electron chi connectivity index (χ1n) is 6.95. The maximum atomic E-state index is 9.83. The van der Waals surface area contributed by atoms with Crippen LogP contribution in [0, 0.1) is 6.92 Å². The van der Waals surface area contributed by atoms with Crippen LogP contribution in [0.3, 0.4) is 0 Å². The van der Waals surface area contributed by atoms with Crippen LogP contribution in [0.15, 0.2) is 18.2 Å². The molecule has 0 aliphatic carbocycles. The fraction of sp³-hybridized carbons (Fsp3) is 0.625. The van der Waals surface area contributed by atoms with Gasteiger partial charge >= 0.3 is 0 Å². The van der Waals surface area contributed by atoms with Crippen LogP contribution in [0.25, 0.3) is 0 Å². The number of aryl methyl sites for hydroxylation is 1. The van der Waals surface area contributed by atoms with E-state index < -0.39 is 5.60 Å². The summed E-state index contributed by atoms with van der Waals surface area (Å²) in [6, 6.07) is 6.14. The number of hydrogen-bond acceptors (Lipinski definition) is 2. The number of hydrogen-bond donors (Lipinski definition) is 1. The van der Waals surface area contributed by atoms with Crippen molar-refractivity contribution in [2.45, 2.75) is 66.6 Å². The lowest BCUT2D eigenvalue weighted by Gasteiger charge is -2.24. The van der Waals surface area contributed by atoms with Crippen LogP contribution in [0.4, 0.5) is 0 Å². The maximum absolute atomic E-state index is 9.83. The van der Waals surface area contributed by atoms with E-state index in [0.717, 1.165) is 12.2 Å². The van der Waals surface area contributed by atoms with Gasteiger partial charge in [-0.3, -0.25) is 0 Å². The molecule has 0 saturated heterocycles. The minimum absolute atomic E-state index is 0.112. The Labute approximate surface area is 112 Å². The van der Waals surface area contributed by atoms with Crippen molar-refractivity contribution in [1.82, 2.24) is 0 Å². The van der Waals surface area contributed by atoms with Gasteiger partial charge in [0.25, 0.3) is 0 Å². The molecule has 1 unspecified atom stereocenters. The van der Waals surface area contributed by atoms with Crippen molar-refractivity contribution < 1.29 is 9.84 Å². The summed E-state index contributed by atoms with van der Waals surface area (Å²) < 4.78 is 5.68. The minimum Gasteiger partial charge on any atom is -0.487 e. The van der Waals surface area contributed by atoms with Gasteiger partial charge in [0.1, 0.15) is 11.9 Å². The van der Waals surface area contributed by atoms with Gasteiger partial charge in [0.2, 0.25) is 0 Å². The van der Waals surface area contributed by atoms with E-state index in [1.165, 1.54) is 11.1 Å². The Kier molecular flexibility index (Phi) is 7.00. The average Bonchev–Trinajstić information content (AvgIpc) is 2.77. The molecule has 0 saturated carbocycles. The maximum Gasteiger partial charge on any atom is 0.131 e. The highest BCUT2D eigenvalue weighted by Crippen LogP contribution is 2.33. The smallest absolute Gasteiger partial charge is 0.131 e. The molecule has 2 heteroatoms. The zero-order chi connectivity index (χ0) is 14.3. The van der Waals surface area contributed by atoms with Gasteiger partial charge in [-0.1, -0.05) is 45.4 Å². The van der Waals surface area contributed by atoms with E-state index in [4.69, 9.17) is 4.74 Å². The molecule has 1 aliphatic rings. The van der Waals surface area contributed by atoms with Crippen molar-refractivity contribution in [2.75, 3.05) is 0 Å². The Morgan fingerprint density at radius 3 is 2.22 bits per heavy atom. The molecule has 0 bridgehead atoms. The Balaban J connectivity index is 0.000000659. The summed E-state index contributed by atoms with van der Waals surface area (Å²) in [6.45, 7) is 13.6. The Morgan fingerprint density at radius 1 is 1.17 bits per heavy atom. The molecule has 18 heavy (non-hydrogen) atoms. The van der Waals surface area contributed by atoms with E-state index in [0.29, 0.717) is 0 Å². The summed E-state index contributed by atoms with van der Waals surface area (Å²) in [7, 11) is 0. The third-order valence-corrected chi connectivity index (χ3v) is 2.68. The third-order valence-electron chi connectivity index (χ3n) is 2.68. The summed E-state index contributed by atoms with van der Waals surface area (Å²) in [6.07, 6.45) is 0.694. The fourth-order valence-corrected chi connectivity index (χ4v) is 1.77. The first-order valence-corrected chi connectivity index (χ1v) is 6.95. The normalized spacial score (nSPS) is 16.6. The highest BCUT2D eigenvalue weighted by molar-refractivity contribution is 5.40. The lowest BCUT2D eigenvalue weighted by Crippen LogP contribution is -2.39. The molecule has 2 nitrogen and oxygen atoms in total. The van der Waals surface area contributed by atoms with Crippen molar-refractivity contribution in [1.29, 1.82) is 0 Å². The second-order valence-electron chi connectivity index (χ2n) is 4.58. The average molecular weight is 252 g/mol. The highest BCUT2D eigenvalue weighted by atomic mass is 16.5. The second kappa shape index (κ2) is 7.42. The van der Waals surface area contributed by atoms with E-state index in [9.17, 15) is 5.11 Å². The third kappa shape index (κ3) is 4.34. The molecule has 1 aliphatic heterocycles. The Hall–Kier alpha value is -1.02.